The summed E-state index contributed by atoms with van der Waals surface area (Å²) in [6.45, 7) is 9.20. The molecule has 350 valence electrons. The van der Waals surface area contributed by atoms with Crippen LogP contribution in [0.3, 0.4) is 0 Å². The molecular weight excluding hydrogens is 924 g/mol. The summed E-state index contributed by atoms with van der Waals surface area (Å²) in [7, 11) is 6.95. The van der Waals surface area contributed by atoms with Crippen LogP contribution in [0.4, 0.5) is 0 Å². The van der Waals surface area contributed by atoms with Crippen molar-refractivity contribution in [2.45, 2.75) is 167 Å². The molecule has 0 bridgehead atoms. The molecule has 2 aliphatic carbocycles. The molecule has 0 amide bonds. The van der Waals surface area contributed by atoms with Gasteiger partial charge in [-0.05, 0) is 162 Å². The summed E-state index contributed by atoms with van der Waals surface area (Å²) in [5.74, 6) is 0. The van der Waals surface area contributed by atoms with Crippen molar-refractivity contribution < 1.29 is 0 Å². The third kappa shape index (κ3) is 9.50. The van der Waals surface area contributed by atoms with Crippen LogP contribution in [-0.4, -0.2) is 7.85 Å². The second kappa shape index (κ2) is 22.4. The van der Waals surface area contributed by atoms with E-state index in [-0.39, 0.29) is 0 Å². The van der Waals surface area contributed by atoms with Gasteiger partial charge in [0.05, 0.1) is 14.6 Å². The predicted molar refractivity (Wildman–Crippen MR) is 301 cm³/mol. The molecule has 0 atom stereocenters. The Morgan fingerprint density at radius 1 is 0.368 bits per heavy atom. The molecule has 0 unspecified atom stereocenters. The second-order valence-electron chi connectivity index (χ2n) is 20.2. The van der Waals surface area contributed by atoms with E-state index in [9.17, 15) is 0 Å². The second-order valence-corrected chi connectivity index (χ2v) is 23.7. The molecule has 2 aliphatic rings. The van der Waals surface area contributed by atoms with Gasteiger partial charge in [0.1, 0.15) is 7.85 Å². The maximum absolute atomic E-state index is 6.95. The van der Waals surface area contributed by atoms with Gasteiger partial charge in [0.2, 0.25) is 0 Å². The van der Waals surface area contributed by atoms with Crippen molar-refractivity contribution in [3.8, 4) is 20.9 Å². The lowest BCUT2D eigenvalue weighted by atomic mass is 9.64. The topological polar surface area (TPSA) is 0 Å². The monoisotopic (exact) mass is 994 g/mol. The van der Waals surface area contributed by atoms with Gasteiger partial charge in [-0.2, -0.15) is 11.3 Å². The van der Waals surface area contributed by atoms with Gasteiger partial charge in [-0.15, -0.1) is 11.3 Å². The van der Waals surface area contributed by atoms with E-state index in [4.69, 9.17) is 7.85 Å². The lowest BCUT2D eigenvalue weighted by Gasteiger charge is -2.37. The van der Waals surface area contributed by atoms with Gasteiger partial charge in [-0.1, -0.05) is 214 Å². The van der Waals surface area contributed by atoms with Crippen molar-refractivity contribution in [3.63, 3.8) is 0 Å². The van der Waals surface area contributed by atoms with Gasteiger partial charge in [-0.3, -0.25) is 0 Å². The first-order valence-corrected chi connectivity index (χ1v) is 29.1. The Morgan fingerprint density at radius 2 is 0.691 bits per heavy atom. The van der Waals surface area contributed by atoms with Crippen LogP contribution in [-0.2, 0) is 36.5 Å². The molecule has 0 spiro atoms. The van der Waals surface area contributed by atoms with Gasteiger partial charge in [0.25, 0.3) is 0 Å². The fourth-order valence-corrected chi connectivity index (χ4v) is 14.6. The van der Waals surface area contributed by atoms with Crippen molar-refractivity contribution in [3.05, 3.63) is 192 Å². The first-order chi connectivity index (χ1) is 33.4. The zero-order valence-electron chi connectivity index (χ0n) is 41.5. The average molecular weight is 996 g/mol. The highest BCUT2D eigenvalue weighted by Crippen LogP contribution is 2.64. The third-order valence-corrected chi connectivity index (χ3v) is 18.2. The van der Waals surface area contributed by atoms with Crippen LogP contribution in [0, 0.1) is 0 Å². The first-order valence-electron chi connectivity index (χ1n) is 26.6. The quantitative estimate of drug-likeness (QED) is 0.0418. The van der Waals surface area contributed by atoms with Gasteiger partial charge in [0, 0.05) is 9.75 Å². The maximum atomic E-state index is 6.95. The molecule has 2 heterocycles. The number of benzene rings is 5. The molecule has 0 saturated heterocycles. The van der Waals surface area contributed by atoms with Crippen molar-refractivity contribution >= 4 is 51.2 Å². The fourth-order valence-electron chi connectivity index (χ4n) is 11.9. The van der Waals surface area contributed by atoms with Gasteiger partial charge >= 0.3 is 0 Å². The third-order valence-electron chi connectivity index (χ3n) is 15.5. The molecule has 0 N–H and O–H groups in total. The highest BCUT2D eigenvalue weighted by atomic mass is 79.9. The minimum atomic E-state index is -0.539. The smallest absolute Gasteiger partial charge is 0.128 e. The molecule has 0 aliphatic heterocycles. The number of hydrogen-bond donors (Lipinski definition) is 0. The maximum Gasteiger partial charge on any atom is 0.128 e. The number of hydrogen-bond acceptors (Lipinski definition) is 2. The Hall–Kier alpha value is -3.96. The van der Waals surface area contributed by atoms with Gasteiger partial charge in [-0.25, -0.2) is 0 Å². The molecule has 2 aromatic heterocycles. The summed E-state index contributed by atoms with van der Waals surface area (Å²) < 4.78 is 2.06. The molecule has 4 heteroatoms. The molecular formula is C64H72BBrS2. The Kier molecular flexibility index (Phi) is 16.2. The van der Waals surface area contributed by atoms with Crippen LogP contribution >= 0.6 is 38.6 Å². The Morgan fingerprint density at radius 3 is 1.03 bits per heavy atom. The lowest BCUT2D eigenvalue weighted by Crippen LogP contribution is -2.31. The van der Waals surface area contributed by atoms with Crippen LogP contribution in [0.15, 0.2) is 125 Å². The standard InChI is InChI=1S/C64H72BBrS2/c1-5-9-13-17-21-45-25-33-49(34-26-45)63(50-35-27-46(28-36-50)22-18-14-10-6-2)55-42-56-54(41-53(55)61-57(63)43-59(65)67-61)62-58(44-60(66)68-62)64(56,51-37-29-47(30-38-51)23-19-15-11-7-3)52-39-31-48(32-40-52)24-20-16-12-8-4/h25-44H,5-24H2,1-4H3. The van der Waals surface area contributed by atoms with Crippen LogP contribution in [0.5, 0.6) is 0 Å². The van der Waals surface area contributed by atoms with E-state index in [1.165, 1.54) is 194 Å². The Bertz CT molecular complexity index is 2440. The number of aryl methyl sites for hydroxylation is 4. The molecule has 0 fully saturated rings. The van der Waals surface area contributed by atoms with Crippen LogP contribution in [0.2, 0.25) is 0 Å². The SMILES string of the molecule is [B]c1cc2c(s1)-c1cc3c(cc1C2(c1ccc(CCCCCC)cc1)c1ccc(CCCCCC)cc1)C(c1ccc(CCCCCC)cc1)(c1ccc(CCCCCC)cc1)c1cc(Br)sc1-3. The van der Waals surface area contributed by atoms with Crippen molar-refractivity contribution in [1.29, 1.82) is 0 Å². The van der Waals surface area contributed by atoms with E-state index in [2.05, 4.69) is 165 Å². The zero-order chi connectivity index (χ0) is 47.1. The van der Waals surface area contributed by atoms with Crippen molar-refractivity contribution in [2.24, 2.45) is 0 Å². The van der Waals surface area contributed by atoms with E-state index in [1.54, 1.807) is 11.3 Å². The Balaban J connectivity index is 1.26. The molecule has 9 rings (SSSR count). The molecule has 2 radical (unpaired) electrons. The first kappa shape index (κ1) is 49.0. The summed E-state index contributed by atoms with van der Waals surface area (Å²) in [5, 5.41) is 0. The number of halogens is 1. The minimum absolute atomic E-state index is 0.505. The highest BCUT2D eigenvalue weighted by molar-refractivity contribution is 9.11. The Labute approximate surface area is 428 Å². The normalized spacial score (nSPS) is 14.0. The van der Waals surface area contributed by atoms with Crippen molar-refractivity contribution in [1.82, 2.24) is 0 Å². The van der Waals surface area contributed by atoms with E-state index >= 15 is 0 Å². The summed E-state index contributed by atoms with van der Waals surface area (Å²) in [6, 6.07) is 49.3. The van der Waals surface area contributed by atoms with Gasteiger partial charge in [0.15, 0.2) is 0 Å². The summed E-state index contributed by atoms with van der Waals surface area (Å²) >= 11 is 7.70. The predicted octanol–water partition coefficient (Wildman–Crippen LogP) is 18.6. The molecule has 7 aromatic rings. The molecule has 0 nitrogen and oxygen atoms in total. The molecule has 68 heavy (non-hydrogen) atoms. The van der Waals surface area contributed by atoms with Crippen LogP contribution in [0.1, 0.15) is 197 Å². The number of thiophene rings is 2. The van der Waals surface area contributed by atoms with E-state index in [0.29, 0.717) is 0 Å². The van der Waals surface area contributed by atoms with Crippen LogP contribution in [0.25, 0.3) is 20.9 Å². The lowest BCUT2D eigenvalue weighted by molar-refractivity contribution is 0.665. The van der Waals surface area contributed by atoms with E-state index in [1.807, 2.05) is 11.3 Å². The average Bonchev–Trinajstić information content (AvgIpc) is 4.08. The summed E-state index contributed by atoms with van der Waals surface area (Å²) in [4.78, 5) is 2.67. The highest BCUT2D eigenvalue weighted by Gasteiger charge is 2.53. The molecule has 0 saturated carbocycles. The zero-order valence-corrected chi connectivity index (χ0v) is 44.7. The number of fused-ring (bicyclic) bond motifs is 6. The number of rotatable bonds is 24. The van der Waals surface area contributed by atoms with E-state index in [0.717, 1.165) is 30.5 Å². The number of unbranched alkanes of at least 4 members (excludes halogenated alkanes) is 12. The van der Waals surface area contributed by atoms with Crippen LogP contribution < -0.4 is 4.78 Å². The fraction of sp³-hybridized carbons (Fsp3) is 0.406. The summed E-state index contributed by atoms with van der Waals surface area (Å²) in [6.07, 6.45) is 24.9. The van der Waals surface area contributed by atoms with Gasteiger partial charge < -0.3 is 0 Å². The summed E-state index contributed by atoms with van der Waals surface area (Å²) in [5.41, 5.74) is 18.2. The largest absolute Gasteiger partial charge is 0.151 e. The minimum Gasteiger partial charge on any atom is -0.151 e. The van der Waals surface area contributed by atoms with Crippen molar-refractivity contribution in [2.75, 3.05) is 0 Å². The molecule has 5 aromatic carbocycles. The van der Waals surface area contributed by atoms with E-state index < -0.39 is 10.8 Å².